The van der Waals surface area contributed by atoms with Crippen molar-refractivity contribution in [3.05, 3.63) is 187 Å². The van der Waals surface area contributed by atoms with Crippen molar-refractivity contribution in [2.45, 2.75) is 13.3 Å². The highest BCUT2D eigenvalue weighted by molar-refractivity contribution is 6.20. The minimum Gasteiger partial charge on any atom is -0.256 e. The van der Waals surface area contributed by atoms with Crippen LogP contribution >= 0.6 is 0 Å². The lowest BCUT2D eigenvalue weighted by Gasteiger charge is -2.33. The molecule has 0 spiro atoms. The second-order valence-corrected chi connectivity index (χ2v) is 14.1. The van der Waals surface area contributed by atoms with Gasteiger partial charge in [0, 0.05) is 34.3 Å². The summed E-state index contributed by atoms with van der Waals surface area (Å²) in [6, 6.07) is 46.1. The van der Waals surface area contributed by atoms with Crippen molar-refractivity contribution in [2.24, 2.45) is 5.41 Å². The van der Waals surface area contributed by atoms with Gasteiger partial charge in [0.25, 0.3) is 0 Å². The summed E-state index contributed by atoms with van der Waals surface area (Å²) >= 11 is 0. The van der Waals surface area contributed by atoms with Crippen LogP contribution < -0.4 is 0 Å². The number of hydrogen-bond acceptors (Lipinski definition) is 2. The fraction of sp³-hybridized carbons (Fsp3) is 0.0612. The van der Waals surface area contributed by atoms with Crippen LogP contribution in [0.15, 0.2) is 182 Å². The van der Waals surface area contributed by atoms with Crippen molar-refractivity contribution >= 4 is 48.8 Å². The predicted octanol–water partition coefficient (Wildman–Crippen LogP) is 12.9. The molecule has 240 valence electrons. The van der Waals surface area contributed by atoms with Crippen LogP contribution in [0.2, 0.25) is 0 Å². The lowest BCUT2D eigenvalue weighted by Crippen LogP contribution is -2.19. The lowest BCUT2D eigenvalue weighted by atomic mass is 9.71. The fourth-order valence-electron chi connectivity index (χ4n) is 8.11. The van der Waals surface area contributed by atoms with E-state index in [1.807, 2.05) is 30.6 Å². The Balaban J connectivity index is 1.18. The lowest BCUT2D eigenvalue weighted by molar-refractivity contribution is 0.528. The topological polar surface area (TPSA) is 25.8 Å². The monoisotopic (exact) mass is 650 g/mol. The second-order valence-electron chi connectivity index (χ2n) is 14.1. The molecule has 8 aromatic rings. The Hall–Kier alpha value is -6.38. The summed E-state index contributed by atoms with van der Waals surface area (Å²) in [6.45, 7) is 2.34. The molecule has 2 heteroatoms. The third-order valence-electron chi connectivity index (χ3n) is 10.9. The number of aromatic nitrogens is 2. The minimum absolute atomic E-state index is 0.0219. The average molecular weight is 651 g/mol. The van der Waals surface area contributed by atoms with E-state index in [0.29, 0.717) is 0 Å². The summed E-state index contributed by atoms with van der Waals surface area (Å²) in [4.78, 5) is 9.62. The van der Waals surface area contributed by atoms with Gasteiger partial charge < -0.3 is 0 Å². The molecular formula is C49H34N2. The summed E-state index contributed by atoms with van der Waals surface area (Å²) in [5.41, 5.74) is 11.6. The number of allylic oxidation sites excluding steroid dienone is 8. The third kappa shape index (κ3) is 4.94. The van der Waals surface area contributed by atoms with Crippen LogP contribution in [-0.2, 0) is 0 Å². The highest BCUT2D eigenvalue weighted by Crippen LogP contribution is 2.48. The largest absolute Gasteiger partial charge is 0.256 e. The van der Waals surface area contributed by atoms with Crippen molar-refractivity contribution in [3.8, 4) is 33.5 Å². The summed E-state index contributed by atoms with van der Waals surface area (Å²) in [6.07, 6.45) is 18.7. The molecule has 0 saturated heterocycles. The molecule has 2 heterocycles. The molecule has 1 atom stereocenters. The number of para-hydroxylation sites is 1. The number of benzene rings is 6. The molecule has 0 amide bonds. The zero-order valence-electron chi connectivity index (χ0n) is 28.3. The summed E-state index contributed by atoms with van der Waals surface area (Å²) in [5, 5.41) is 8.65. The molecule has 0 saturated carbocycles. The molecule has 2 aliphatic rings. The number of hydrogen-bond donors (Lipinski definition) is 0. The average Bonchev–Trinajstić information content (AvgIpc) is 3.19. The van der Waals surface area contributed by atoms with E-state index in [1.54, 1.807) is 0 Å². The molecule has 0 N–H and O–H groups in total. The smallest absolute Gasteiger partial charge is 0.0718 e. The van der Waals surface area contributed by atoms with E-state index < -0.39 is 0 Å². The van der Waals surface area contributed by atoms with Gasteiger partial charge in [-0.2, -0.15) is 0 Å². The van der Waals surface area contributed by atoms with E-state index >= 15 is 0 Å². The number of pyridine rings is 2. The van der Waals surface area contributed by atoms with Gasteiger partial charge in [-0.15, -0.1) is 0 Å². The van der Waals surface area contributed by atoms with Crippen molar-refractivity contribution in [2.75, 3.05) is 0 Å². The maximum atomic E-state index is 4.95. The van der Waals surface area contributed by atoms with Crippen molar-refractivity contribution in [3.63, 3.8) is 0 Å². The van der Waals surface area contributed by atoms with Gasteiger partial charge in [-0.3, -0.25) is 9.97 Å². The fourth-order valence-corrected chi connectivity index (χ4v) is 8.11. The van der Waals surface area contributed by atoms with Gasteiger partial charge in [-0.1, -0.05) is 140 Å². The van der Waals surface area contributed by atoms with Crippen molar-refractivity contribution in [1.29, 1.82) is 0 Å². The molecule has 0 fully saturated rings. The Morgan fingerprint density at radius 3 is 2.10 bits per heavy atom. The van der Waals surface area contributed by atoms with E-state index in [2.05, 4.69) is 158 Å². The molecule has 2 aliphatic carbocycles. The van der Waals surface area contributed by atoms with E-state index in [4.69, 9.17) is 4.98 Å². The van der Waals surface area contributed by atoms with Crippen LogP contribution in [0.4, 0.5) is 0 Å². The van der Waals surface area contributed by atoms with E-state index in [0.717, 1.165) is 39.7 Å². The SMILES string of the molecule is CC12C=CC=CC1=CC(c1c3ccccc3c(-c3ccc4ccccc4c3)c3ccc(-c4ccc(-c5cnc6ccccc6c5)nc4)cc13)=CC2. The molecule has 0 bridgehead atoms. The quantitative estimate of drug-likeness (QED) is 0.177. The highest BCUT2D eigenvalue weighted by atomic mass is 14.7. The molecule has 0 radical (unpaired) electrons. The summed E-state index contributed by atoms with van der Waals surface area (Å²) < 4.78 is 0. The molecule has 2 nitrogen and oxygen atoms in total. The van der Waals surface area contributed by atoms with Gasteiger partial charge in [0.15, 0.2) is 0 Å². The highest BCUT2D eigenvalue weighted by Gasteiger charge is 2.29. The first-order valence-corrected chi connectivity index (χ1v) is 17.7. The van der Waals surface area contributed by atoms with Crippen LogP contribution in [-0.4, -0.2) is 9.97 Å². The maximum Gasteiger partial charge on any atom is 0.0718 e. The van der Waals surface area contributed by atoms with Gasteiger partial charge in [-0.05, 0) is 102 Å². The number of fused-ring (bicyclic) bond motifs is 5. The molecule has 2 aromatic heterocycles. The van der Waals surface area contributed by atoms with Gasteiger partial charge in [0.2, 0.25) is 0 Å². The summed E-state index contributed by atoms with van der Waals surface area (Å²) in [5.74, 6) is 0. The van der Waals surface area contributed by atoms with E-state index in [-0.39, 0.29) is 5.41 Å². The molecule has 1 unspecified atom stereocenters. The molecule has 10 rings (SSSR count). The third-order valence-corrected chi connectivity index (χ3v) is 10.9. The molecule has 0 aliphatic heterocycles. The predicted molar refractivity (Wildman–Crippen MR) is 215 cm³/mol. The van der Waals surface area contributed by atoms with Gasteiger partial charge in [-0.25, -0.2) is 0 Å². The molecular weight excluding hydrogens is 617 g/mol. The Bertz CT molecular complexity index is 2830. The molecule has 6 aromatic carbocycles. The Kier molecular flexibility index (Phi) is 6.72. The Morgan fingerprint density at radius 1 is 0.529 bits per heavy atom. The van der Waals surface area contributed by atoms with Gasteiger partial charge >= 0.3 is 0 Å². The minimum atomic E-state index is 0.0219. The second kappa shape index (κ2) is 11.6. The Labute approximate surface area is 297 Å². The van der Waals surface area contributed by atoms with Crippen LogP contribution in [0.1, 0.15) is 18.9 Å². The van der Waals surface area contributed by atoms with Crippen molar-refractivity contribution < 1.29 is 0 Å². The maximum absolute atomic E-state index is 4.95. The summed E-state index contributed by atoms with van der Waals surface area (Å²) in [7, 11) is 0. The first-order valence-electron chi connectivity index (χ1n) is 17.7. The van der Waals surface area contributed by atoms with Gasteiger partial charge in [0.05, 0.1) is 11.2 Å². The van der Waals surface area contributed by atoms with Crippen LogP contribution in [0.25, 0.3) is 82.3 Å². The normalized spacial score (nSPS) is 16.8. The first-order chi connectivity index (χ1) is 25.1. The van der Waals surface area contributed by atoms with Crippen LogP contribution in [0, 0.1) is 5.41 Å². The van der Waals surface area contributed by atoms with Crippen LogP contribution in [0.3, 0.4) is 0 Å². The van der Waals surface area contributed by atoms with Crippen molar-refractivity contribution in [1.82, 2.24) is 9.97 Å². The number of nitrogens with zero attached hydrogens (tertiary/aromatic N) is 2. The van der Waals surface area contributed by atoms with E-state index in [1.165, 1.54) is 60.2 Å². The zero-order chi connectivity index (χ0) is 33.9. The zero-order valence-corrected chi connectivity index (χ0v) is 28.3. The first kappa shape index (κ1) is 29.5. The molecule has 51 heavy (non-hydrogen) atoms. The van der Waals surface area contributed by atoms with Crippen LogP contribution in [0.5, 0.6) is 0 Å². The Morgan fingerprint density at radius 2 is 1.24 bits per heavy atom. The van der Waals surface area contributed by atoms with E-state index in [9.17, 15) is 0 Å². The standard InChI is InChI=1S/C49H34N2/c1-49-24-9-8-13-40(49)28-37(23-25-49)48-42-15-6-5-14-41(42)47(36-18-17-32-10-2-3-11-33(32)26-36)43-21-19-34(29-44(43)48)38-20-22-46(50-30-38)39-27-35-12-4-7-16-45(35)51-31-39/h2-24,26-31H,25H2,1H3. The van der Waals surface area contributed by atoms with Gasteiger partial charge in [0.1, 0.15) is 0 Å². The number of rotatable bonds is 4.